The van der Waals surface area contributed by atoms with Gasteiger partial charge in [-0.15, -0.1) is 0 Å². The van der Waals surface area contributed by atoms with Gasteiger partial charge in [0.05, 0.1) is 12.0 Å². The molecule has 0 heterocycles. The van der Waals surface area contributed by atoms with Gasteiger partial charge in [-0.25, -0.2) is 4.79 Å². The Labute approximate surface area is 149 Å². The Bertz CT molecular complexity index is 641. The molecule has 0 unspecified atom stereocenters. The van der Waals surface area contributed by atoms with Gasteiger partial charge in [-0.05, 0) is 36.0 Å². The van der Waals surface area contributed by atoms with Crippen molar-refractivity contribution >= 4 is 22.9 Å². The molecule has 0 aromatic heterocycles. The molecule has 0 saturated carbocycles. The van der Waals surface area contributed by atoms with E-state index in [4.69, 9.17) is 0 Å². The van der Waals surface area contributed by atoms with Gasteiger partial charge in [-0.1, -0.05) is 33.8 Å². The van der Waals surface area contributed by atoms with Crippen LogP contribution >= 0.6 is 0 Å². The Hall–Kier alpha value is -2.37. The van der Waals surface area contributed by atoms with Gasteiger partial charge < -0.3 is 9.64 Å². The molecule has 25 heavy (non-hydrogen) atoms. The lowest BCUT2D eigenvalue weighted by Crippen LogP contribution is -2.31. The molecule has 0 radical (unpaired) electrons. The zero-order chi connectivity index (χ0) is 19.1. The predicted molar refractivity (Wildman–Crippen MR) is 101 cm³/mol. The SMILES string of the molecule is COC(=O)C=C(C)c1ccc(N(CC(C)C)CC(C)C)c([N+](=O)[O-])c1. The standard InChI is InChI=1S/C19H28N2O4/c1-13(2)11-20(12-14(3)4)17-8-7-16(10-18(17)21(23)24)15(5)9-19(22)25-6/h7-10,13-14H,11-12H2,1-6H3. The first-order chi connectivity index (χ1) is 11.6. The van der Waals surface area contributed by atoms with Crippen molar-refractivity contribution in [3.05, 3.63) is 40.0 Å². The van der Waals surface area contributed by atoms with E-state index in [0.717, 1.165) is 13.1 Å². The maximum absolute atomic E-state index is 11.6. The highest BCUT2D eigenvalue weighted by Gasteiger charge is 2.22. The third-order valence-corrected chi connectivity index (χ3v) is 3.67. The second kappa shape index (κ2) is 9.20. The number of nitrogens with zero attached hydrogens (tertiary/aromatic N) is 2. The van der Waals surface area contributed by atoms with Crippen molar-refractivity contribution in [3.8, 4) is 0 Å². The molecule has 0 bridgehead atoms. The third-order valence-electron chi connectivity index (χ3n) is 3.67. The fourth-order valence-electron chi connectivity index (χ4n) is 2.65. The molecule has 0 fully saturated rings. The Morgan fingerprint density at radius 2 is 1.80 bits per heavy atom. The van der Waals surface area contributed by atoms with E-state index >= 15 is 0 Å². The normalized spacial score (nSPS) is 11.8. The Morgan fingerprint density at radius 1 is 1.24 bits per heavy atom. The average Bonchev–Trinajstić information content (AvgIpc) is 2.52. The van der Waals surface area contributed by atoms with Crippen LogP contribution in [-0.4, -0.2) is 31.1 Å². The van der Waals surface area contributed by atoms with E-state index in [-0.39, 0.29) is 10.6 Å². The summed E-state index contributed by atoms with van der Waals surface area (Å²) in [7, 11) is 1.30. The molecule has 0 atom stereocenters. The molecule has 138 valence electrons. The minimum absolute atomic E-state index is 0.0522. The molecule has 0 amide bonds. The minimum Gasteiger partial charge on any atom is -0.466 e. The van der Waals surface area contributed by atoms with Crippen molar-refractivity contribution in [2.45, 2.75) is 34.6 Å². The molecule has 0 spiro atoms. The topological polar surface area (TPSA) is 72.7 Å². The molecule has 0 aliphatic heterocycles. The number of benzene rings is 1. The van der Waals surface area contributed by atoms with Gasteiger partial charge in [0.1, 0.15) is 5.69 Å². The summed E-state index contributed by atoms with van der Waals surface area (Å²) in [6, 6.07) is 5.11. The van der Waals surface area contributed by atoms with Crippen LogP contribution in [-0.2, 0) is 9.53 Å². The number of nitro groups is 1. The highest BCUT2D eigenvalue weighted by atomic mass is 16.6. The van der Waals surface area contributed by atoms with Crippen molar-refractivity contribution < 1.29 is 14.5 Å². The van der Waals surface area contributed by atoms with Crippen molar-refractivity contribution in [2.24, 2.45) is 11.8 Å². The monoisotopic (exact) mass is 348 g/mol. The van der Waals surface area contributed by atoms with Crippen molar-refractivity contribution in [3.63, 3.8) is 0 Å². The molecule has 1 aromatic carbocycles. The molecular formula is C19H28N2O4. The second-order valence-electron chi connectivity index (χ2n) is 7.00. The summed E-state index contributed by atoms with van der Waals surface area (Å²) < 4.78 is 4.61. The Balaban J connectivity index is 3.34. The molecule has 0 aliphatic carbocycles. The number of rotatable bonds is 8. The van der Waals surface area contributed by atoms with Crippen LogP contribution in [0.4, 0.5) is 11.4 Å². The number of esters is 1. The first-order valence-corrected chi connectivity index (χ1v) is 8.45. The first-order valence-electron chi connectivity index (χ1n) is 8.45. The summed E-state index contributed by atoms with van der Waals surface area (Å²) in [4.78, 5) is 24.7. The van der Waals surface area contributed by atoms with Crippen molar-refractivity contribution in [2.75, 3.05) is 25.1 Å². The lowest BCUT2D eigenvalue weighted by Gasteiger charge is -2.28. The number of ether oxygens (including phenoxy) is 1. The quantitative estimate of drug-likeness (QED) is 0.303. The van der Waals surface area contributed by atoms with E-state index in [1.807, 2.05) is 6.07 Å². The molecule has 0 saturated heterocycles. The van der Waals surface area contributed by atoms with E-state index in [1.165, 1.54) is 19.3 Å². The Kier molecular flexibility index (Phi) is 7.61. The molecular weight excluding hydrogens is 320 g/mol. The van der Waals surface area contributed by atoms with Crippen LogP contribution < -0.4 is 4.90 Å². The molecule has 6 nitrogen and oxygen atoms in total. The van der Waals surface area contributed by atoms with E-state index in [2.05, 4.69) is 37.3 Å². The lowest BCUT2D eigenvalue weighted by atomic mass is 10.0. The maximum atomic E-state index is 11.6. The van der Waals surface area contributed by atoms with Gasteiger partial charge >= 0.3 is 5.97 Å². The summed E-state index contributed by atoms with van der Waals surface area (Å²) in [6.07, 6.45) is 1.33. The largest absolute Gasteiger partial charge is 0.466 e. The number of hydrogen-bond donors (Lipinski definition) is 0. The molecule has 6 heteroatoms. The number of methoxy groups -OCH3 is 1. The van der Waals surface area contributed by atoms with Crippen LogP contribution in [0.5, 0.6) is 0 Å². The highest BCUT2D eigenvalue weighted by molar-refractivity contribution is 5.91. The zero-order valence-corrected chi connectivity index (χ0v) is 15.9. The van der Waals surface area contributed by atoms with Crippen LogP contribution in [0.15, 0.2) is 24.3 Å². The van der Waals surface area contributed by atoms with Gasteiger partial charge in [-0.2, -0.15) is 0 Å². The number of anilines is 1. The zero-order valence-electron chi connectivity index (χ0n) is 15.9. The molecule has 0 N–H and O–H groups in total. The number of nitro benzene ring substituents is 1. The van der Waals surface area contributed by atoms with Gasteiger partial charge in [0.25, 0.3) is 5.69 Å². The summed E-state index contributed by atoms with van der Waals surface area (Å²) in [6.45, 7) is 11.6. The van der Waals surface area contributed by atoms with E-state index in [1.54, 1.807) is 13.0 Å². The summed E-state index contributed by atoms with van der Waals surface area (Å²) >= 11 is 0. The summed E-state index contributed by atoms with van der Waals surface area (Å²) in [5.41, 5.74) is 1.93. The third kappa shape index (κ3) is 6.21. The van der Waals surface area contributed by atoms with Crippen molar-refractivity contribution in [1.29, 1.82) is 0 Å². The number of carbonyl (C=O) groups is 1. The molecule has 0 aliphatic rings. The van der Waals surface area contributed by atoms with E-state index in [0.29, 0.717) is 28.7 Å². The van der Waals surface area contributed by atoms with Crippen LogP contribution in [0.1, 0.15) is 40.2 Å². The summed E-state index contributed by atoms with van der Waals surface area (Å²) in [5, 5.41) is 11.6. The van der Waals surface area contributed by atoms with Crippen LogP contribution in [0, 0.1) is 22.0 Å². The predicted octanol–water partition coefficient (Wildman–Crippen LogP) is 4.29. The van der Waals surface area contributed by atoms with E-state index < -0.39 is 5.97 Å². The van der Waals surface area contributed by atoms with Crippen LogP contribution in [0.2, 0.25) is 0 Å². The second-order valence-corrected chi connectivity index (χ2v) is 7.00. The smallest absolute Gasteiger partial charge is 0.330 e. The minimum atomic E-state index is -0.481. The maximum Gasteiger partial charge on any atom is 0.330 e. The fraction of sp³-hybridized carbons (Fsp3) is 0.526. The average molecular weight is 348 g/mol. The highest BCUT2D eigenvalue weighted by Crippen LogP contribution is 2.32. The van der Waals surface area contributed by atoms with Gasteiger partial charge in [0.2, 0.25) is 0 Å². The molecule has 1 rings (SSSR count). The fourth-order valence-corrected chi connectivity index (χ4v) is 2.65. The number of carbonyl (C=O) groups excluding carboxylic acids is 1. The van der Waals surface area contributed by atoms with Crippen LogP contribution in [0.3, 0.4) is 0 Å². The van der Waals surface area contributed by atoms with Gasteiger partial charge in [0, 0.05) is 25.2 Å². The number of hydrogen-bond acceptors (Lipinski definition) is 5. The number of allylic oxidation sites excluding steroid dienone is 1. The summed E-state index contributed by atoms with van der Waals surface area (Å²) in [5.74, 6) is 0.295. The van der Waals surface area contributed by atoms with Gasteiger partial charge in [-0.3, -0.25) is 10.1 Å². The van der Waals surface area contributed by atoms with E-state index in [9.17, 15) is 14.9 Å². The first kappa shape index (κ1) is 20.7. The van der Waals surface area contributed by atoms with Crippen molar-refractivity contribution in [1.82, 2.24) is 0 Å². The Morgan fingerprint density at radius 3 is 2.24 bits per heavy atom. The van der Waals surface area contributed by atoms with Gasteiger partial charge in [0.15, 0.2) is 0 Å². The van der Waals surface area contributed by atoms with Crippen LogP contribution in [0.25, 0.3) is 5.57 Å². The molecule has 1 aromatic rings. The lowest BCUT2D eigenvalue weighted by molar-refractivity contribution is -0.384.